The minimum atomic E-state index is -0.463. The molecule has 2 amide bonds. The summed E-state index contributed by atoms with van der Waals surface area (Å²) in [4.78, 5) is 34.5. The van der Waals surface area contributed by atoms with Gasteiger partial charge in [0.05, 0.1) is 13.2 Å². The van der Waals surface area contributed by atoms with Crippen LogP contribution in [0.15, 0.2) is 48.0 Å². The maximum absolute atomic E-state index is 12.4. The number of benzene rings is 1. The lowest BCUT2D eigenvalue weighted by molar-refractivity contribution is -0.117. The van der Waals surface area contributed by atoms with Gasteiger partial charge in [0, 0.05) is 17.6 Å². The Morgan fingerprint density at radius 1 is 0.931 bits per heavy atom. The number of hydrogen-bond acceptors (Lipinski definition) is 5. The number of rotatable bonds is 14. The van der Waals surface area contributed by atoms with Crippen molar-refractivity contribution in [2.75, 3.05) is 26.3 Å². The summed E-state index contributed by atoms with van der Waals surface area (Å²) in [6.45, 7) is 8.47. The first-order valence-electron chi connectivity index (χ1n) is 9.38. The van der Waals surface area contributed by atoms with Crippen LogP contribution in [-0.2, 0) is 14.3 Å². The van der Waals surface area contributed by atoms with Crippen molar-refractivity contribution in [3.63, 3.8) is 0 Å². The van der Waals surface area contributed by atoms with Gasteiger partial charge in [-0.25, -0.2) is 4.79 Å². The first-order chi connectivity index (χ1) is 14.0. The Hall–Kier alpha value is -2.61. The van der Waals surface area contributed by atoms with E-state index in [-0.39, 0.29) is 18.4 Å². The number of amides is 2. The van der Waals surface area contributed by atoms with E-state index >= 15 is 0 Å². The van der Waals surface area contributed by atoms with Crippen LogP contribution in [0.1, 0.15) is 36.0 Å². The molecule has 29 heavy (non-hydrogen) atoms. The van der Waals surface area contributed by atoms with E-state index in [4.69, 9.17) is 9.47 Å². The second-order valence-electron chi connectivity index (χ2n) is 6.03. The minimum Gasteiger partial charge on any atom is -0.493 e. The zero-order valence-electron chi connectivity index (χ0n) is 16.4. The van der Waals surface area contributed by atoms with Crippen LogP contribution in [0.3, 0.4) is 0 Å². The largest absolute Gasteiger partial charge is 0.493 e. The van der Waals surface area contributed by atoms with Gasteiger partial charge in [-0.2, -0.15) is 0 Å². The van der Waals surface area contributed by atoms with Crippen LogP contribution in [0, 0.1) is 0 Å². The average Bonchev–Trinajstić information content (AvgIpc) is 2.73. The lowest BCUT2D eigenvalue weighted by Crippen LogP contribution is -2.22. The fourth-order valence-electron chi connectivity index (χ4n) is 2.23. The van der Waals surface area contributed by atoms with Crippen molar-refractivity contribution < 1.29 is 23.9 Å². The molecule has 0 aromatic heterocycles. The molecule has 1 aromatic carbocycles. The van der Waals surface area contributed by atoms with Crippen molar-refractivity contribution in [2.45, 2.75) is 25.7 Å². The predicted molar refractivity (Wildman–Crippen MR) is 115 cm³/mol. The number of hydrogen-bond donors (Lipinski definition) is 2. The van der Waals surface area contributed by atoms with Gasteiger partial charge < -0.3 is 20.1 Å². The van der Waals surface area contributed by atoms with Crippen molar-refractivity contribution in [3.8, 4) is 5.75 Å². The van der Waals surface area contributed by atoms with Crippen LogP contribution in [0.2, 0.25) is 0 Å². The standard InChI is InChI=1S/C21H27BrN2O5/c1-3-19(25)23-11-5-7-13-28-18-10-9-16(22)15-17(18)21(27)29-14-8-6-12-24-20(26)4-2/h3-4,9-10,15H,1-2,5-8,11-14H2,(H,23,25)(H,24,26). The molecule has 0 atom stereocenters. The van der Waals surface area contributed by atoms with Gasteiger partial charge in [0.1, 0.15) is 11.3 Å². The van der Waals surface area contributed by atoms with E-state index in [2.05, 4.69) is 39.7 Å². The highest BCUT2D eigenvalue weighted by Gasteiger charge is 2.15. The molecule has 0 aliphatic heterocycles. The maximum atomic E-state index is 12.4. The van der Waals surface area contributed by atoms with Crippen molar-refractivity contribution in [1.29, 1.82) is 0 Å². The van der Waals surface area contributed by atoms with Crippen LogP contribution >= 0.6 is 15.9 Å². The average molecular weight is 467 g/mol. The Bertz CT molecular complexity index is 721. The number of halogens is 1. The lowest BCUT2D eigenvalue weighted by atomic mass is 10.2. The predicted octanol–water partition coefficient (Wildman–Crippen LogP) is 3.15. The Balaban J connectivity index is 2.39. The molecule has 1 rings (SSSR count). The van der Waals surface area contributed by atoms with E-state index in [0.717, 1.165) is 17.3 Å². The van der Waals surface area contributed by atoms with Gasteiger partial charge in [0.15, 0.2) is 0 Å². The van der Waals surface area contributed by atoms with E-state index in [1.165, 1.54) is 12.2 Å². The van der Waals surface area contributed by atoms with Crippen molar-refractivity contribution in [1.82, 2.24) is 10.6 Å². The van der Waals surface area contributed by atoms with Crippen LogP contribution in [0.5, 0.6) is 5.75 Å². The highest BCUT2D eigenvalue weighted by Crippen LogP contribution is 2.24. The third-order valence-corrected chi connectivity index (χ3v) is 4.26. The molecule has 0 aliphatic carbocycles. The summed E-state index contributed by atoms with van der Waals surface area (Å²) in [6.07, 6.45) is 5.23. The van der Waals surface area contributed by atoms with E-state index in [0.29, 0.717) is 43.9 Å². The number of esters is 1. The SMILES string of the molecule is C=CC(=O)NCCCCOC(=O)c1cc(Br)ccc1OCCCCNC(=O)C=C. The fraction of sp³-hybridized carbons (Fsp3) is 0.381. The van der Waals surface area contributed by atoms with E-state index < -0.39 is 5.97 Å². The van der Waals surface area contributed by atoms with Gasteiger partial charge >= 0.3 is 5.97 Å². The highest BCUT2D eigenvalue weighted by atomic mass is 79.9. The molecule has 0 fully saturated rings. The van der Waals surface area contributed by atoms with Gasteiger partial charge in [-0.05, 0) is 56.0 Å². The van der Waals surface area contributed by atoms with E-state index in [1.54, 1.807) is 18.2 Å². The summed E-state index contributed by atoms with van der Waals surface area (Å²) < 4.78 is 11.8. The first-order valence-corrected chi connectivity index (χ1v) is 10.2. The highest BCUT2D eigenvalue weighted by molar-refractivity contribution is 9.10. The summed E-state index contributed by atoms with van der Waals surface area (Å²) in [5.41, 5.74) is 0.347. The second kappa shape index (κ2) is 14.4. The molecule has 1 aromatic rings. The number of unbranched alkanes of at least 4 members (excludes halogenated alkanes) is 2. The fourth-order valence-corrected chi connectivity index (χ4v) is 2.60. The van der Waals surface area contributed by atoms with Crippen molar-refractivity contribution >= 4 is 33.7 Å². The van der Waals surface area contributed by atoms with Gasteiger partial charge in [0.2, 0.25) is 11.8 Å². The number of ether oxygens (including phenoxy) is 2. The molecule has 0 saturated heterocycles. The number of carbonyl (C=O) groups is 3. The Morgan fingerprint density at radius 2 is 1.52 bits per heavy atom. The molecule has 8 heteroatoms. The molecule has 158 valence electrons. The third-order valence-electron chi connectivity index (χ3n) is 3.76. The molecule has 0 radical (unpaired) electrons. The molecule has 0 bridgehead atoms. The monoisotopic (exact) mass is 466 g/mol. The van der Waals surface area contributed by atoms with Gasteiger partial charge in [-0.15, -0.1) is 0 Å². The second-order valence-corrected chi connectivity index (χ2v) is 6.95. The van der Waals surface area contributed by atoms with Crippen molar-refractivity contribution in [3.05, 3.63) is 53.5 Å². The molecular formula is C21H27BrN2O5. The zero-order valence-corrected chi connectivity index (χ0v) is 18.0. The third kappa shape index (κ3) is 10.5. The van der Waals surface area contributed by atoms with E-state index in [9.17, 15) is 14.4 Å². The van der Waals surface area contributed by atoms with Crippen molar-refractivity contribution in [2.24, 2.45) is 0 Å². The van der Waals surface area contributed by atoms with Crippen LogP contribution < -0.4 is 15.4 Å². The summed E-state index contributed by atoms with van der Waals surface area (Å²) in [5, 5.41) is 5.36. The van der Waals surface area contributed by atoms with E-state index in [1.807, 2.05) is 0 Å². The quantitative estimate of drug-likeness (QED) is 0.249. The molecule has 0 saturated carbocycles. The maximum Gasteiger partial charge on any atom is 0.341 e. The molecular weight excluding hydrogens is 440 g/mol. The summed E-state index contributed by atoms with van der Waals surface area (Å²) >= 11 is 3.35. The van der Waals surface area contributed by atoms with Gasteiger partial charge in [-0.3, -0.25) is 9.59 Å². The summed E-state index contributed by atoms with van der Waals surface area (Å²) in [5.74, 6) is -0.436. The number of carbonyl (C=O) groups excluding carboxylic acids is 3. The Morgan fingerprint density at radius 3 is 2.10 bits per heavy atom. The molecule has 0 unspecified atom stereocenters. The zero-order chi connectivity index (χ0) is 21.5. The molecule has 0 spiro atoms. The summed E-state index contributed by atoms with van der Waals surface area (Å²) in [6, 6.07) is 5.16. The summed E-state index contributed by atoms with van der Waals surface area (Å²) in [7, 11) is 0. The Labute approximate surface area is 179 Å². The Kier molecular flexibility index (Phi) is 12.1. The molecule has 2 N–H and O–H groups in total. The first kappa shape index (κ1) is 24.4. The topological polar surface area (TPSA) is 93.7 Å². The van der Waals surface area contributed by atoms with Crippen LogP contribution in [0.25, 0.3) is 0 Å². The van der Waals surface area contributed by atoms with Gasteiger partial charge in [0.25, 0.3) is 0 Å². The normalized spacial score (nSPS) is 9.97. The molecule has 7 nitrogen and oxygen atoms in total. The van der Waals surface area contributed by atoms with Crippen LogP contribution in [-0.4, -0.2) is 44.1 Å². The molecule has 0 aliphatic rings. The lowest BCUT2D eigenvalue weighted by Gasteiger charge is -2.12. The van der Waals surface area contributed by atoms with Crippen LogP contribution in [0.4, 0.5) is 0 Å². The minimum absolute atomic E-state index is 0.202. The number of nitrogens with one attached hydrogen (secondary N) is 2. The van der Waals surface area contributed by atoms with Gasteiger partial charge in [-0.1, -0.05) is 29.1 Å². The smallest absolute Gasteiger partial charge is 0.341 e. The molecule has 0 heterocycles.